The first-order valence-electron chi connectivity index (χ1n) is 8.86. The highest BCUT2D eigenvalue weighted by Gasteiger charge is 2.63. The molecule has 0 unspecified atom stereocenters. The molecule has 3 heterocycles. The van der Waals surface area contributed by atoms with E-state index in [9.17, 15) is 4.79 Å². The highest BCUT2D eigenvalue weighted by atomic mass is 16.5. The van der Waals surface area contributed by atoms with Crippen LogP contribution < -0.4 is 0 Å². The summed E-state index contributed by atoms with van der Waals surface area (Å²) >= 11 is 0. The highest BCUT2D eigenvalue weighted by Crippen LogP contribution is 2.63. The van der Waals surface area contributed by atoms with Crippen LogP contribution in [0.15, 0.2) is 18.5 Å². The van der Waals surface area contributed by atoms with Crippen molar-refractivity contribution in [3.63, 3.8) is 0 Å². The summed E-state index contributed by atoms with van der Waals surface area (Å²) in [4.78, 5) is 17.4. The summed E-state index contributed by atoms with van der Waals surface area (Å²) in [5.74, 6) is 0.669. The highest BCUT2D eigenvalue weighted by molar-refractivity contribution is 5.94. The number of morpholine rings is 1. The van der Waals surface area contributed by atoms with E-state index in [4.69, 9.17) is 4.74 Å². The van der Waals surface area contributed by atoms with Gasteiger partial charge in [0.05, 0.1) is 31.2 Å². The third-order valence-electron chi connectivity index (χ3n) is 6.16. The molecule has 2 aliphatic heterocycles. The van der Waals surface area contributed by atoms with Gasteiger partial charge >= 0.3 is 0 Å². The summed E-state index contributed by atoms with van der Waals surface area (Å²) in [5, 5.41) is 7.62. The van der Waals surface area contributed by atoms with E-state index in [-0.39, 0.29) is 11.3 Å². The number of carbonyl (C=O) groups is 1. The molecule has 130 valence electrons. The topological polar surface area (TPSA) is 58.6 Å². The molecule has 6 heteroatoms. The summed E-state index contributed by atoms with van der Waals surface area (Å²) < 4.78 is 5.48. The molecule has 1 aromatic rings. The molecule has 1 aliphatic carbocycles. The molecule has 2 saturated heterocycles. The molecule has 2 atom stereocenters. The summed E-state index contributed by atoms with van der Waals surface area (Å²) in [5.41, 5.74) is 1.21. The minimum absolute atomic E-state index is 0.0939. The Hall–Kier alpha value is -1.53. The van der Waals surface area contributed by atoms with Crippen LogP contribution in [0.25, 0.3) is 0 Å². The van der Waals surface area contributed by atoms with Gasteiger partial charge in [0.25, 0.3) is 5.91 Å². The number of hydrogen-bond acceptors (Lipinski definition) is 5. The van der Waals surface area contributed by atoms with Crippen LogP contribution in [-0.2, 0) is 4.74 Å². The minimum Gasteiger partial charge on any atom is -0.379 e. The predicted molar refractivity (Wildman–Crippen MR) is 89.5 cm³/mol. The van der Waals surface area contributed by atoms with Gasteiger partial charge in [0, 0.05) is 38.1 Å². The first-order chi connectivity index (χ1) is 11.5. The molecular formula is C18H26N4O2. The maximum atomic E-state index is 12.8. The second kappa shape index (κ2) is 5.77. The fourth-order valence-corrected chi connectivity index (χ4v) is 5.30. The fourth-order valence-electron chi connectivity index (χ4n) is 5.30. The van der Waals surface area contributed by atoms with E-state index in [2.05, 4.69) is 28.9 Å². The maximum absolute atomic E-state index is 12.8. The number of fused-ring (bicyclic) bond motifs is 1. The van der Waals surface area contributed by atoms with Crippen LogP contribution in [-0.4, -0.2) is 71.8 Å². The van der Waals surface area contributed by atoms with E-state index < -0.39 is 0 Å². The first-order valence-corrected chi connectivity index (χ1v) is 8.86. The Balaban J connectivity index is 1.51. The quantitative estimate of drug-likeness (QED) is 0.836. The summed E-state index contributed by atoms with van der Waals surface area (Å²) in [6, 6.07) is 1.76. The van der Waals surface area contributed by atoms with Gasteiger partial charge < -0.3 is 9.64 Å². The Labute approximate surface area is 143 Å². The van der Waals surface area contributed by atoms with Gasteiger partial charge in [-0.2, -0.15) is 10.2 Å². The lowest BCUT2D eigenvalue weighted by Gasteiger charge is -2.58. The Bertz CT molecular complexity index is 615. The third-order valence-corrected chi connectivity index (χ3v) is 6.16. The fraction of sp³-hybridized carbons (Fsp3) is 0.722. The Morgan fingerprint density at radius 1 is 1.33 bits per heavy atom. The van der Waals surface area contributed by atoms with Crippen LogP contribution in [0.3, 0.4) is 0 Å². The predicted octanol–water partition coefficient (Wildman–Crippen LogP) is 1.30. The summed E-state index contributed by atoms with van der Waals surface area (Å²) in [7, 11) is 0. The third kappa shape index (κ3) is 2.62. The van der Waals surface area contributed by atoms with Crippen LogP contribution in [0.2, 0.25) is 0 Å². The standard InChI is InChI=1S/C18H26N4O2/c1-17(2)11-18(12-21-5-7-24-8-6-21)13-22(10-15(17)18)16(23)14-3-4-19-20-9-14/h3-4,9,15H,5-8,10-13H2,1-2H3/t15-,18+/m1/s1. The number of hydrogen-bond donors (Lipinski definition) is 0. The second-order valence-electron chi connectivity index (χ2n) is 8.29. The summed E-state index contributed by atoms with van der Waals surface area (Å²) in [6.45, 7) is 11.2. The number of ether oxygens (including phenoxy) is 1. The monoisotopic (exact) mass is 330 g/mol. The van der Waals surface area contributed by atoms with Crippen molar-refractivity contribution in [2.24, 2.45) is 16.7 Å². The van der Waals surface area contributed by atoms with E-state index in [1.807, 2.05) is 4.90 Å². The molecule has 3 fully saturated rings. The normalized spacial score (nSPS) is 32.2. The average molecular weight is 330 g/mol. The largest absolute Gasteiger partial charge is 0.379 e. The number of aromatic nitrogens is 2. The van der Waals surface area contributed by atoms with Gasteiger partial charge in [0.1, 0.15) is 0 Å². The van der Waals surface area contributed by atoms with Crippen molar-refractivity contribution in [2.75, 3.05) is 45.9 Å². The molecular weight excluding hydrogens is 304 g/mol. The number of nitrogens with zero attached hydrogens (tertiary/aromatic N) is 4. The van der Waals surface area contributed by atoms with Crippen molar-refractivity contribution in [2.45, 2.75) is 20.3 Å². The first kappa shape index (κ1) is 16.0. The van der Waals surface area contributed by atoms with Crippen LogP contribution in [0.5, 0.6) is 0 Å². The second-order valence-corrected chi connectivity index (χ2v) is 8.29. The number of carbonyl (C=O) groups excluding carboxylic acids is 1. The van der Waals surface area contributed by atoms with Gasteiger partial charge in [-0.3, -0.25) is 9.69 Å². The van der Waals surface area contributed by atoms with Crippen molar-refractivity contribution in [1.82, 2.24) is 20.0 Å². The Morgan fingerprint density at radius 2 is 2.12 bits per heavy atom. The van der Waals surface area contributed by atoms with Crippen LogP contribution in [0.4, 0.5) is 0 Å². The molecule has 4 rings (SSSR count). The maximum Gasteiger partial charge on any atom is 0.255 e. The van der Waals surface area contributed by atoms with E-state index >= 15 is 0 Å². The lowest BCUT2D eigenvalue weighted by molar-refractivity contribution is -0.0966. The van der Waals surface area contributed by atoms with Crippen molar-refractivity contribution in [3.05, 3.63) is 24.0 Å². The zero-order chi connectivity index (χ0) is 16.8. The molecule has 0 radical (unpaired) electrons. The van der Waals surface area contributed by atoms with E-state index in [0.29, 0.717) is 16.9 Å². The van der Waals surface area contributed by atoms with Crippen LogP contribution >= 0.6 is 0 Å². The molecule has 1 aromatic heterocycles. The van der Waals surface area contributed by atoms with Crippen molar-refractivity contribution < 1.29 is 9.53 Å². The molecule has 0 spiro atoms. The number of rotatable bonds is 3. The van der Waals surface area contributed by atoms with E-state index in [1.54, 1.807) is 18.5 Å². The van der Waals surface area contributed by atoms with Gasteiger partial charge in [-0.1, -0.05) is 13.8 Å². The Morgan fingerprint density at radius 3 is 2.79 bits per heavy atom. The Kier molecular flexibility index (Phi) is 3.84. The van der Waals surface area contributed by atoms with Crippen molar-refractivity contribution >= 4 is 5.91 Å². The van der Waals surface area contributed by atoms with Gasteiger partial charge in [0.2, 0.25) is 0 Å². The van der Waals surface area contributed by atoms with Crippen molar-refractivity contribution in [3.8, 4) is 0 Å². The van der Waals surface area contributed by atoms with Gasteiger partial charge in [-0.05, 0) is 23.8 Å². The van der Waals surface area contributed by atoms with Crippen molar-refractivity contribution in [1.29, 1.82) is 0 Å². The minimum atomic E-state index is 0.0939. The lowest BCUT2D eigenvalue weighted by Crippen LogP contribution is -2.59. The molecule has 24 heavy (non-hydrogen) atoms. The van der Waals surface area contributed by atoms with E-state index in [1.165, 1.54) is 6.42 Å². The van der Waals surface area contributed by atoms with Crippen LogP contribution in [0.1, 0.15) is 30.6 Å². The van der Waals surface area contributed by atoms with E-state index in [0.717, 1.165) is 45.9 Å². The molecule has 0 aromatic carbocycles. The lowest BCUT2D eigenvalue weighted by atomic mass is 9.48. The molecule has 6 nitrogen and oxygen atoms in total. The summed E-state index contributed by atoms with van der Waals surface area (Å²) in [6.07, 6.45) is 4.36. The molecule has 3 aliphatic rings. The van der Waals surface area contributed by atoms with Gasteiger partial charge in [-0.15, -0.1) is 0 Å². The molecule has 1 amide bonds. The molecule has 1 saturated carbocycles. The zero-order valence-electron chi connectivity index (χ0n) is 14.6. The molecule has 0 N–H and O–H groups in total. The van der Waals surface area contributed by atoms with Gasteiger partial charge in [0.15, 0.2) is 0 Å². The number of likely N-dealkylation sites (tertiary alicyclic amines) is 1. The molecule has 0 bridgehead atoms. The number of amides is 1. The van der Waals surface area contributed by atoms with Crippen LogP contribution in [0, 0.1) is 16.7 Å². The van der Waals surface area contributed by atoms with Gasteiger partial charge in [-0.25, -0.2) is 0 Å². The average Bonchev–Trinajstić information content (AvgIpc) is 2.90. The SMILES string of the molecule is CC1(C)C[C@]2(CN3CCOCC3)CN(C(=O)c3ccnnc3)C[C@H]12. The smallest absolute Gasteiger partial charge is 0.255 e. The zero-order valence-corrected chi connectivity index (χ0v) is 14.6.